The summed E-state index contributed by atoms with van der Waals surface area (Å²) in [5, 5.41) is 0. The minimum absolute atomic E-state index is 0.200. The van der Waals surface area contributed by atoms with Gasteiger partial charge in [0.2, 0.25) is 11.8 Å². The molecular weight excluding hydrogens is 321 g/mol. The molecule has 0 unspecified atom stereocenters. The van der Waals surface area contributed by atoms with Gasteiger partial charge in [0, 0.05) is 25.1 Å². The van der Waals surface area contributed by atoms with E-state index >= 15 is 0 Å². The van der Waals surface area contributed by atoms with Gasteiger partial charge in [-0.3, -0.25) is 9.59 Å². The van der Waals surface area contributed by atoms with E-state index in [2.05, 4.69) is 0 Å². The third kappa shape index (κ3) is 4.37. The molecule has 0 aliphatic carbocycles. The molecule has 1 aromatic carbocycles. The van der Waals surface area contributed by atoms with Gasteiger partial charge in [0.05, 0.1) is 5.56 Å². The molecule has 2 N–H and O–H groups in total. The molecule has 130 valence electrons. The first-order chi connectivity index (χ1) is 11.2. The third-order valence-corrected chi connectivity index (χ3v) is 4.22. The van der Waals surface area contributed by atoms with Crippen LogP contribution < -0.4 is 5.73 Å². The fraction of sp³-hybridized carbons (Fsp3) is 0.412. The first kappa shape index (κ1) is 18.0. The summed E-state index contributed by atoms with van der Waals surface area (Å²) in [6, 6.07) is 4.69. The fourth-order valence-electron chi connectivity index (χ4n) is 2.67. The van der Waals surface area contributed by atoms with Crippen molar-refractivity contribution in [3.8, 4) is 0 Å². The molecule has 7 heteroatoms. The van der Waals surface area contributed by atoms with Gasteiger partial charge in [-0.2, -0.15) is 13.2 Å². The highest BCUT2D eigenvalue weighted by Gasteiger charge is 2.30. The molecule has 0 saturated carbocycles. The van der Waals surface area contributed by atoms with Gasteiger partial charge < -0.3 is 10.6 Å². The van der Waals surface area contributed by atoms with Crippen molar-refractivity contribution in [2.45, 2.75) is 25.9 Å². The highest BCUT2D eigenvalue weighted by molar-refractivity contribution is 5.95. The summed E-state index contributed by atoms with van der Waals surface area (Å²) in [5.74, 6) is -0.761. The minimum Gasteiger partial charge on any atom is -0.369 e. The van der Waals surface area contributed by atoms with E-state index in [9.17, 15) is 22.8 Å². The summed E-state index contributed by atoms with van der Waals surface area (Å²) in [7, 11) is 0. The maximum Gasteiger partial charge on any atom is 0.416 e. The van der Waals surface area contributed by atoms with Crippen molar-refractivity contribution in [2.75, 3.05) is 13.1 Å². The van der Waals surface area contributed by atoms with E-state index < -0.39 is 11.7 Å². The maximum atomic E-state index is 12.6. The van der Waals surface area contributed by atoms with E-state index in [0.717, 1.165) is 12.1 Å². The lowest BCUT2D eigenvalue weighted by Crippen LogP contribution is -2.41. The van der Waals surface area contributed by atoms with Crippen LogP contribution in [0, 0.1) is 5.92 Å². The Kier molecular flexibility index (Phi) is 5.31. The zero-order valence-electron chi connectivity index (χ0n) is 13.3. The number of nitrogens with zero attached hydrogens (tertiary/aromatic N) is 1. The molecule has 2 amide bonds. The Labute approximate surface area is 138 Å². The Balaban J connectivity index is 2.02. The van der Waals surface area contributed by atoms with Gasteiger partial charge in [0.25, 0.3) is 0 Å². The molecule has 1 aliphatic rings. The Morgan fingerprint density at radius 3 is 2.17 bits per heavy atom. The number of carbonyl (C=O) groups excluding carboxylic acids is 2. The molecule has 1 aromatic rings. The average Bonchev–Trinajstić information content (AvgIpc) is 2.54. The van der Waals surface area contributed by atoms with E-state index in [1.165, 1.54) is 18.2 Å². The van der Waals surface area contributed by atoms with Gasteiger partial charge in [0.1, 0.15) is 0 Å². The number of primary amides is 1. The van der Waals surface area contributed by atoms with Crippen molar-refractivity contribution < 1.29 is 22.8 Å². The number of nitrogens with two attached hydrogens (primary N) is 1. The predicted octanol–water partition coefficient (Wildman–Crippen LogP) is 2.83. The van der Waals surface area contributed by atoms with Crippen LogP contribution in [0.4, 0.5) is 13.2 Å². The van der Waals surface area contributed by atoms with E-state index in [1.807, 2.05) is 0 Å². The SMILES string of the molecule is CC(=CC(=O)N1CCC(C(N)=O)CC1)c1ccc(C(F)(F)F)cc1. The van der Waals surface area contributed by atoms with Crippen LogP contribution >= 0.6 is 0 Å². The lowest BCUT2D eigenvalue weighted by Gasteiger charge is -2.29. The van der Waals surface area contributed by atoms with Crippen LogP contribution in [0.2, 0.25) is 0 Å². The van der Waals surface area contributed by atoms with Crippen LogP contribution in [0.1, 0.15) is 30.9 Å². The second kappa shape index (κ2) is 7.07. The predicted molar refractivity (Wildman–Crippen MR) is 83.6 cm³/mol. The average molecular weight is 340 g/mol. The number of likely N-dealkylation sites (tertiary alicyclic amines) is 1. The molecule has 0 aromatic heterocycles. The second-order valence-electron chi connectivity index (χ2n) is 5.90. The molecule has 0 spiro atoms. The number of hydrogen-bond donors (Lipinski definition) is 1. The molecule has 1 saturated heterocycles. The van der Waals surface area contributed by atoms with Crippen molar-refractivity contribution >= 4 is 17.4 Å². The molecule has 2 rings (SSSR count). The molecule has 0 atom stereocenters. The van der Waals surface area contributed by atoms with Crippen LogP contribution in [0.15, 0.2) is 30.3 Å². The molecule has 4 nitrogen and oxygen atoms in total. The zero-order valence-corrected chi connectivity index (χ0v) is 13.3. The number of halogens is 3. The van der Waals surface area contributed by atoms with Gasteiger partial charge in [-0.25, -0.2) is 0 Å². The first-order valence-electron chi connectivity index (χ1n) is 7.62. The molecule has 24 heavy (non-hydrogen) atoms. The normalized spacial score (nSPS) is 17.0. The summed E-state index contributed by atoms with van der Waals surface area (Å²) in [6.07, 6.45) is -1.90. The van der Waals surface area contributed by atoms with Crippen molar-refractivity contribution in [3.63, 3.8) is 0 Å². The Bertz CT molecular complexity index is 643. The van der Waals surface area contributed by atoms with Crippen molar-refractivity contribution in [3.05, 3.63) is 41.5 Å². The van der Waals surface area contributed by atoms with Crippen LogP contribution in [-0.4, -0.2) is 29.8 Å². The highest BCUT2D eigenvalue weighted by atomic mass is 19.4. The van der Waals surface area contributed by atoms with E-state index in [4.69, 9.17) is 5.73 Å². The third-order valence-electron chi connectivity index (χ3n) is 4.22. The lowest BCUT2D eigenvalue weighted by molar-refractivity contribution is -0.137. The number of benzene rings is 1. The molecule has 0 bridgehead atoms. The number of allylic oxidation sites excluding steroid dienone is 1. The first-order valence-corrected chi connectivity index (χ1v) is 7.62. The molecular formula is C17H19F3N2O2. The molecule has 1 heterocycles. The summed E-state index contributed by atoms with van der Waals surface area (Å²) in [4.78, 5) is 25.0. The van der Waals surface area contributed by atoms with Crippen molar-refractivity contribution in [1.82, 2.24) is 4.90 Å². The topological polar surface area (TPSA) is 63.4 Å². The van der Waals surface area contributed by atoms with Crippen LogP contribution in [-0.2, 0) is 15.8 Å². The van der Waals surface area contributed by atoms with Crippen molar-refractivity contribution in [1.29, 1.82) is 0 Å². The van der Waals surface area contributed by atoms with E-state index in [-0.39, 0.29) is 17.7 Å². The van der Waals surface area contributed by atoms with Crippen LogP contribution in [0.25, 0.3) is 5.57 Å². The Hall–Kier alpha value is -2.31. The summed E-state index contributed by atoms with van der Waals surface area (Å²) in [5.41, 5.74) is 5.68. The number of piperidine rings is 1. The second-order valence-corrected chi connectivity index (χ2v) is 5.90. The minimum atomic E-state index is -4.38. The quantitative estimate of drug-likeness (QED) is 0.860. The van der Waals surface area contributed by atoms with E-state index in [1.54, 1.807) is 11.8 Å². The zero-order chi connectivity index (χ0) is 17.9. The summed E-state index contributed by atoms with van der Waals surface area (Å²) < 4.78 is 37.7. The van der Waals surface area contributed by atoms with E-state index in [0.29, 0.717) is 37.1 Å². The molecule has 1 aliphatic heterocycles. The summed E-state index contributed by atoms with van der Waals surface area (Å²) >= 11 is 0. The van der Waals surface area contributed by atoms with Gasteiger partial charge in [0.15, 0.2) is 0 Å². The van der Waals surface area contributed by atoms with Crippen molar-refractivity contribution in [2.24, 2.45) is 11.7 Å². The number of alkyl halides is 3. The molecule has 0 radical (unpaired) electrons. The lowest BCUT2D eigenvalue weighted by atomic mass is 9.96. The van der Waals surface area contributed by atoms with Gasteiger partial charge >= 0.3 is 6.18 Å². The Morgan fingerprint density at radius 2 is 1.71 bits per heavy atom. The highest BCUT2D eigenvalue weighted by Crippen LogP contribution is 2.30. The monoisotopic (exact) mass is 340 g/mol. The number of carbonyl (C=O) groups is 2. The Morgan fingerprint density at radius 1 is 1.17 bits per heavy atom. The van der Waals surface area contributed by atoms with Gasteiger partial charge in [-0.15, -0.1) is 0 Å². The molecule has 1 fully saturated rings. The number of rotatable bonds is 3. The van der Waals surface area contributed by atoms with Crippen LogP contribution in [0.5, 0.6) is 0 Å². The van der Waals surface area contributed by atoms with Gasteiger partial charge in [-0.05, 0) is 43.0 Å². The maximum absolute atomic E-state index is 12.6. The fourth-order valence-corrected chi connectivity index (χ4v) is 2.67. The van der Waals surface area contributed by atoms with Gasteiger partial charge in [-0.1, -0.05) is 12.1 Å². The smallest absolute Gasteiger partial charge is 0.369 e. The largest absolute Gasteiger partial charge is 0.416 e. The number of hydrogen-bond acceptors (Lipinski definition) is 2. The standard InChI is InChI=1S/C17H19F3N2O2/c1-11(12-2-4-14(5-3-12)17(18,19)20)10-15(23)22-8-6-13(7-9-22)16(21)24/h2-5,10,13H,6-9H2,1H3,(H2,21,24). The number of amides is 2. The van der Waals surface area contributed by atoms with Crippen LogP contribution in [0.3, 0.4) is 0 Å². The summed E-state index contributed by atoms with van der Waals surface area (Å²) in [6.45, 7) is 2.57.